The van der Waals surface area contributed by atoms with Crippen molar-refractivity contribution in [3.8, 4) is 0 Å². The molecule has 0 aliphatic carbocycles. The molecular formula is C18H13Cl2NO2S. The first-order valence-electron chi connectivity index (χ1n) is 7.20. The Morgan fingerprint density at radius 1 is 1.08 bits per heavy atom. The first kappa shape index (κ1) is 17.1. The Morgan fingerprint density at radius 3 is 2.42 bits per heavy atom. The Balaban J connectivity index is 1.88. The van der Waals surface area contributed by atoms with Crippen LogP contribution in [0.5, 0.6) is 0 Å². The number of rotatable bonds is 3. The minimum absolute atomic E-state index is 0.250. The summed E-state index contributed by atoms with van der Waals surface area (Å²) in [5, 5.41) is 0.580. The number of halogens is 2. The zero-order valence-electron chi connectivity index (χ0n) is 12.8. The van der Waals surface area contributed by atoms with Crippen molar-refractivity contribution < 1.29 is 9.59 Å². The number of amides is 2. The zero-order chi connectivity index (χ0) is 17.3. The van der Waals surface area contributed by atoms with Crippen molar-refractivity contribution in [2.75, 3.05) is 0 Å². The van der Waals surface area contributed by atoms with Crippen molar-refractivity contribution in [2.45, 2.75) is 13.5 Å². The van der Waals surface area contributed by atoms with Crippen LogP contribution in [-0.2, 0) is 11.3 Å². The number of hydrogen-bond donors (Lipinski definition) is 0. The largest absolute Gasteiger partial charge is 0.293 e. The lowest BCUT2D eigenvalue weighted by atomic mass is 10.1. The van der Waals surface area contributed by atoms with Gasteiger partial charge in [0.2, 0.25) is 0 Å². The zero-order valence-corrected chi connectivity index (χ0v) is 15.1. The number of aryl methyl sites for hydroxylation is 1. The first-order chi connectivity index (χ1) is 11.5. The number of benzene rings is 2. The normalized spacial score (nSPS) is 16.3. The summed E-state index contributed by atoms with van der Waals surface area (Å²) in [4.78, 5) is 26.3. The highest BCUT2D eigenvalue weighted by atomic mass is 35.5. The van der Waals surface area contributed by atoms with Gasteiger partial charge in [0.15, 0.2) is 0 Å². The summed E-state index contributed by atoms with van der Waals surface area (Å²) in [6.07, 6.45) is 1.58. The van der Waals surface area contributed by atoms with E-state index >= 15 is 0 Å². The van der Waals surface area contributed by atoms with Gasteiger partial charge in [-0.1, -0.05) is 59.1 Å². The molecule has 0 aromatic heterocycles. The summed E-state index contributed by atoms with van der Waals surface area (Å²) >= 11 is 13.2. The molecule has 2 amide bonds. The molecule has 0 radical (unpaired) electrons. The van der Waals surface area contributed by atoms with Crippen LogP contribution in [0.25, 0.3) is 6.08 Å². The summed E-state index contributed by atoms with van der Waals surface area (Å²) in [6, 6.07) is 12.8. The molecule has 1 heterocycles. The molecule has 3 nitrogen and oxygen atoms in total. The second-order valence-electron chi connectivity index (χ2n) is 5.39. The van der Waals surface area contributed by atoms with Gasteiger partial charge in [-0.3, -0.25) is 14.5 Å². The van der Waals surface area contributed by atoms with Crippen LogP contribution in [0.2, 0.25) is 10.0 Å². The van der Waals surface area contributed by atoms with Crippen LogP contribution in [-0.4, -0.2) is 16.0 Å². The molecule has 122 valence electrons. The van der Waals surface area contributed by atoms with Gasteiger partial charge in [-0.2, -0.15) is 0 Å². The number of nitrogens with zero attached hydrogens (tertiary/aromatic N) is 1. The molecule has 0 bridgehead atoms. The highest BCUT2D eigenvalue weighted by Crippen LogP contribution is 2.36. The molecule has 24 heavy (non-hydrogen) atoms. The lowest BCUT2D eigenvalue weighted by Crippen LogP contribution is -2.27. The van der Waals surface area contributed by atoms with E-state index in [0.29, 0.717) is 20.5 Å². The third-order valence-corrected chi connectivity index (χ3v) is 5.14. The van der Waals surface area contributed by atoms with Crippen LogP contribution in [0.4, 0.5) is 4.79 Å². The van der Waals surface area contributed by atoms with Crippen LogP contribution in [0, 0.1) is 6.92 Å². The van der Waals surface area contributed by atoms with Gasteiger partial charge in [-0.05, 0) is 42.5 Å². The molecule has 6 heteroatoms. The highest BCUT2D eigenvalue weighted by Gasteiger charge is 2.35. The van der Waals surface area contributed by atoms with Crippen molar-refractivity contribution in [2.24, 2.45) is 0 Å². The Bertz CT molecular complexity index is 844. The molecule has 2 aromatic rings. The van der Waals surface area contributed by atoms with Gasteiger partial charge in [-0.15, -0.1) is 0 Å². The molecule has 2 aromatic carbocycles. The average Bonchev–Trinajstić information content (AvgIpc) is 2.79. The Hall–Kier alpha value is -1.75. The Kier molecular flexibility index (Phi) is 4.99. The van der Waals surface area contributed by atoms with E-state index in [2.05, 4.69) is 0 Å². The summed E-state index contributed by atoms with van der Waals surface area (Å²) < 4.78 is 0. The molecule has 0 saturated carbocycles. The predicted molar refractivity (Wildman–Crippen MR) is 99.2 cm³/mol. The topological polar surface area (TPSA) is 37.4 Å². The SMILES string of the molecule is Cc1cccc(CN2C(=O)S/C(=C\c3c(Cl)cccc3Cl)C2=O)c1. The van der Waals surface area contributed by atoms with Gasteiger partial charge < -0.3 is 0 Å². The minimum Gasteiger partial charge on any atom is -0.268 e. The molecule has 1 aliphatic heterocycles. The fourth-order valence-corrected chi connectivity index (χ4v) is 3.74. The number of thioether (sulfide) groups is 1. The number of imide groups is 1. The molecule has 0 N–H and O–H groups in total. The molecular weight excluding hydrogens is 365 g/mol. The fraction of sp³-hybridized carbons (Fsp3) is 0.111. The van der Waals surface area contributed by atoms with E-state index in [1.807, 2.05) is 31.2 Å². The summed E-state index contributed by atoms with van der Waals surface area (Å²) in [5.74, 6) is -0.331. The lowest BCUT2D eigenvalue weighted by Gasteiger charge is -2.12. The number of carbonyl (C=O) groups is 2. The molecule has 3 rings (SSSR count). The fourth-order valence-electron chi connectivity index (χ4n) is 2.41. The molecule has 1 fully saturated rings. The first-order valence-corrected chi connectivity index (χ1v) is 8.78. The Morgan fingerprint density at radius 2 is 1.75 bits per heavy atom. The van der Waals surface area contributed by atoms with Crippen molar-refractivity contribution in [3.05, 3.63) is 74.1 Å². The summed E-state index contributed by atoms with van der Waals surface area (Å²) in [5.41, 5.74) is 2.54. The van der Waals surface area contributed by atoms with Crippen LogP contribution >= 0.6 is 35.0 Å². The molecule has 0 spiro atoms. The quantitative estimate of drug-likeness (QED) is 0.659. The third kappa shape index (κ3) is 3.51. The van der Waals surface area contributed by atoms with Gasteiger partial charge in [0.05, 0.1) is 11.4 Å². The smallest absolute Gasteiger partial charge is 0.268 e. The van der Waals surface area contributed by atoms with E-state index < -0.39 is 0 Å². The standard InChI is InChI=1S/C18H13Cl2NO2S/c1-11-4-2-5-12(8-11)10-21-17(22)16(24-18(21)23)9-13-14(19)6-3-7-15(13)20/h2-9H,10H2,1H3/b16-9-. The van der Waals surface area contributed by atoms with Gasteiger partial charge in [0.1, 0.15) is 0 Å². The van der Waals surface area contributed by atoms with E-state index in [1.54, 1.807) is 24.3 Å². The van der Waals surface area contributed by atoms with Gasteiger partial charge >= 0.3 is 0 Å². The number of hydrogen-bond acceptors (Lipinski definition) is 3. The summed E-state index contributed by atoms with van der Waals surface area (Å²) in [7, 11) is 0. The maximum absolute atomic E-state index is 12.6. The van der Waals surface area contributed by atoms with Crippen LogP contribution in [0.15, 0.2) is 47.4 Å². The minimum atomic E-state index is -0.331. The summed E-state index contributed by atoms with van der Waals surface area (Å²) in [6.45, 7) is 2.22. The van der Waals surface area contributed by atoms with Crippen LogP contribution in [0.3, 0.4) is 0 Å². The molecule has 1 aliphatic rings. The molecule has 1 saturated heterocycles. The predicted octanol–water partition coefficient (Wildman–Crippen LogP) is 5.54. The second-order valence-corrected chi connectivity index (χ2v) is 7.20. The van der Waals surface area contributed by atoms with Gasteiger partial charge in [-0.25, -0.2) is 0 Å². The van der Waals surface area contributed by atoms with Crippen LogP contribution in [0.1, 0.15) is 16.7 Å². The van der Waals surface area contributed by atoms with E-state index in [9.17, 15) is 9.59 Å². The van der Waals surface area contributed by atoms with E-state index in [4.69, 9.17) is 23.2 Å². The van der Waals surface area contributed by atoms with E-state index in [1.165, 1.54) is 4.90 Å². The second kappa shape index (κ2) is 7.01. The maximum Gasteiger partial charge on any atom is 0.293 e. The van der Waals surface area contributed by atoms with Crippen LogP contribution < -0.4 is 0 Å². The lowest BCUT2D eigenvalue weighted by molar-refractivity contribution is -0.123. The monoisotopic (exact) mass is 377 g/mol. The average molecular weight is 378 g/mol. The van der Waals surface area contributed by atoms with E-state index in [-0.39, 0.29) is 17.7 Å². The number of carbonyl (C=O) groups excluding carboxylic acids is 2. The van der Waals surface area contributed by atoms with E-state index in [0.717, 1.165) is 22.9 Å². The molecule has 0 unspecified atom stereocenters. The van der Waals surface area contributed by atoms with Crippen molar-refractivity contribution in [1.29, 1.82) is 0 Å². The van der Waals surface area contributed by atoms with Gasteiger partial charge in [0, 0.05) is 15.6 Å². The van der Waals surface area contributed by atoms with Crippen molar-refractivity contribution in [3.63, 3.8) is 0 Å². The van der Waals surface area contributed by atoms with Gasteiger partial charge in [0.25, 0.3) is 11.1 Å². The Labute approximate surface area is 154 Å². The van der Waals surface area contributed by atoms with Crippen molar-refractivity contribution >= 4 is 52.2 Å². The third-order valence-electron chi connectivity index (χ3n) is 3.57. The van der Waals surface area contributed by atoms with Crippen molar-refractivity contribution in [1.82, 2.24) is 4.90 Å². The highest BCUT2D eigenvalue weighted by molar-refractivity contribution is 8.18. The maximum atomic E-state index is 12.6. The molecule has 0 atom stereocenters.